The van der Waals surface area contributed by atoms with Gasteiger partial charge in [-0.1, -0.05) is 84.0 Å². The smallest absolute Gasteiger partial charge is 0.249 e. The molecule has 0 bridgehead atoms. The van der Waals surface area contributed by atoms with Gasteiger partial charge in [0.25, 0.3) is 0 Å². The average molecular weight is 423 g/mol. The van der Waals surface area contributed by atoms with Crippen molar-refractivity contribution in [3.05, 3.63) is 70.3 Å². The van der Waals surface area contributed by atoms with Gasteiger partial charge in [-0.2, -0.15) is 0 Å². The summed E-state index contributed by atoms with van der Waals surface area (Å²) in [5, 5.41) is 0. The number of Topliss-reactive ketones (excluding diaryl/α,β-unsaturated/α-hetero) is 1. The van der Waals surface area contributed by atoms with Crippen LogP contribution in [0.15, 0.2) is 42.5 Å². The number of carbonyl (C=O) groups is 1. The fourth-order valence-electron chi connectivity index (χ4n) is 3.47. The second-order valence-corrected chi connectivity index (χ2v) is 10.7. The molecule has 2 rings (SSSR count). The van der Waals surface area contributed by atoms with Gasteiger partial charge in [0.2, 0.25) is 16.3 Å². The normalized spacial score (nSPS) is 14.6. The summed E-state index contributed by atoms with van der Waals surface area (Å²) in [7, 11) is 5.10. The largest absolute Gasteiger partial charge is 0.395 e. The molecule has 0 fully saturated rings. The van der Waals surface area contributed by atoms with Gasteiger partial charge in [-0.15, -0.1) is 0 Å². The van der Waals surface area contributed by atoms with Gasteiger partial charge in [-0.25, -0.2) is 0 Å². The third-order valence-corrected chi connectivity index (χ3v) is 6.32. The van der Waals surface area contributed by atoms with Crippen LogP contribution in [0.25, 0.3) is 0 Å². The molecule has 161 valence electrons. The van der Waals surface area contributed by atoms with Gasteiger partial charge in [-0.05, 0) is 54.0 Å². The summed E-state index contributed by atoms with van der Waals surface area (Å²) in [6.07, 6.45) is 0. The van der Waals surface area contributed by atoms with Crippen molar-refractivity contribution in [2.45, 2.75) is 78.5 Å². The highest BCUT2D eigenvalue weighted by Gasteiger charge is 2.38. The monoisotopic (exact) mass is 422 g/mol. The maximum Gasteiger partial charge on any atom is 0.249 e. The van der Waals surface area contributed by atoms with Crippen molar-refractivity contribution >= 4 is 16.3 Å². The highest BCUT2D eigenvalue weighted by atomic mass is 28.2. The first-order valence-electron chi connectivity index (χ1n) is 10.5. The molecule has 2 aromatic rings. The van der Waals surface area contributed by atoms with E-state index < -0.39 is 5.72 Å². The third-order valence-electron chi connectivity index (χ3n) is 5.93. The number of rotatable bonds is 6. The molecule has 0 heterocycles. The van der Waals surface area contributed by atoms with E-state index in [0.29, 0.717) is 12.1 Å². The molecule has 0 aliphatic carbocycles. The summed E-state index contributed by atoms with van der Waals surface area (Å²) in [6, 6.07) is 14.6. The van der Waals surface area contributed by atoms with E-state index in [9.17, 15) is 4.79 Å². The average Bonchev–Trinajstić information content (AvgIpc) is 2.65. The lowest BCUT2D eigenvalue weighted by Crippen LogP contribution is -2.52. The molecule has 0 spiro atoms. The molecule has 0 saturated carbocycles. The fourth-order valence-corrected chi connectivity index (χ4v) is 3.72. The van der Waals surface area contributed by atoms with Crippen LogP contribution < -0.4 is 0 Å². The number of carbonyl (C=O) groups excluding carboxylic acids is 1. The van der Waals surface area contributed by atoms with Crippen molar-refractivity contribution in [1.82, 2.24) is 4.90 Å². The van der Waals surface area contributed by atoms with Gasteiger partial charge in [0.15, 0.2) is 5.72 Å². The van der Waals surface area contributed by atoms with Crippen LogP contribution in [0.5, 0.6) is 0 Å². The van der Waals surface area contributed by atoms with Gasteiger partial charge in [0, 0.05) is 12.1 Å². The Morgan fingerprint density at radius 3 is 1.83 bits per heavy atom. The molecule has 1 atom stereocenters. The van der Waals surface area contributed by atoms with Crippen LogP contribution in [0, 0.1) is 6.92 Å². The van der Waals surface area contributed by atoms with E-state index in [4.69, 9.17) is 4.43 Å². The van der Waals surface area contributed by atoms with Crippen LogP contribution in [-0.2, 0) is 21.8 Å². The molecule has 3 radical (unpaired) electrons. The van der Waals surface area contributed by atoms with E-state index in [1.165, 1.54) is 11.1 Å². The van der Waals surface area contributed by atoms with Gasteiger partial charge >= 0.3 is 0 Å². The van der Waals surface area contributed by atoms with Crippen molar-refractivity contribution in [3.63, 3.8) is 0 Å². The number of nitrogens with zero attached hydrogens (tertiary/aromatic N) is 1. The van der Waals surface area contributed by atoms with Gasteiger partial charge in [0.05, 0.1) is 0 Å². The minimum absolute atomic E-state index is 0.0389. The first kappa shape index (κ1) is 24.5. The van der Waals surface area contributed by atoms with E-state index in [2.05, 4.69) is 82.4 Å². The molecular formula is C26H36NO2Si. The Bertz CT molecular complexity index is 891. The maximum atomic E-state index is 13.5. The number of hydrogen-bond acceptors (Lipinski definition) is 3. The zero-order valence-electron chi connectivity index (χ0n) is 20.0. The van der Waals surface area contributed by atoms with E-state index >= 15 is 0 Å². The topological polar surface area (TPSA) is 29.5 Å². The Morgan fingerprint density at radius 1 is 0.900 bits per heavy atom. The summed E-state index contributed by atoms with van der Waals surface area (Å²) in [4.78, 5) is 15.4. The zero-order chi connectivity index (χ0) is 22.9. The lowest BCUT2D eigenvalue weighted by Gasteiger charge is -2.37. The second-order valence-electron chi connectivity index (χ2n) is 10.5. The molecule has 0 aliphatic heterocycles. The van der Waals surface area contributed by atoms with Gasteiger partial charge < -0.3 is 4.43 Å². The lowest BCUT2D eigenvalue weighted by atomic mass is 9.84. The maximum absolute atomic E-state index is 13.5. The molecule has 0 saturated heterocycles. The first-order valence-corrected chi connectivity index (χ1v) is 10.9. The van der Waals surface area contributed by atoms with Crippen LogP contribution in [0.2, 0.25) is 0 Å². The Hall–Kier alpha value is -1.75. The number of hydrogen-bond donors (Lipinski definition) is 0. The summed E-state index contributed by atoms with van der Waals surface area (Å²) in [5.74, 6) is -0.0655. The number of benzene rings is 2. The molecule has 1 unspecified atom stereocenters. The second kappa shape index (κ2) is 8.78. The summed E-state index contributed by atoms with van der Waals surface area (Å²) < 4.78 is 5.60. The number of aryl methyl sites for hydroxylation is 1. The van der Waals surface area contributed by atoms with Crippen molar-refractivity contribution in [2.24, 2.45) is 0 Å². The van der Waals surface area contributed by atoms with Crippen molar-refractivity contribution < 1.29 is 9.22 Å². The van der Waals surface area contributed by atoms with E-state index in [-0.39, 0.29) is 16.6 Å². The lowest BCUT2D eigenvalue weighted by molar-refractivity contribution is -0.0314. The number of likely N-dealkylation sites (N-methyl/N-ethyl adjacent to an activating group) is 1. The number of ketones is 1. The van der Waals surface area contributed by atoms with E-state index in [1.807, 2.05) is 37.9 Å². The Balaban J connectivity index is 2.28. The van der Waals surface area contributed by atoms with Crippen LogP contribution in [0.1, 0.15) is 81.1 Å². The van der Waals surface area contributed by atoms with Crippen LogP contribution in [-0.4, -0.2) is 33.9 Å². The third kappa shape index (κ3) is 5.29. The zero-order valence-corrected chi connectivity index (χ0v) is 21.0. The molecule has 2 aromatic carbocycles. The highest BCUT2D eigenvalue weighted by molar-refractivity contribution is 6.07. The minimum Gasteiger partial charge on any atom is -0.395 e. The molecular weight excluding hydrogens is 386 g/mol. The molecule has 0 aliphatic rings. The van der Waals surface area contributed by atoms with E-state index in [0.717, 1.165) is 11.1 Å². The standard InChI is InChI=1S/C26H36NO2Si/c1-18-16-21(25(5,6)7)14-15-22(18)23(28)26(8,29-30)27(9)17-19-10-12-20(13-11-19)24(2,3)4/h10-16H,17H2,1-9H3. The van der Waals surface area contributed by atoms with E-state index in [1.54, 1.807) is 0 Å². The highest BCUT2D eigenvalue weighted by Crippen LogP contribution is 2.29. The molecule has 0 amide bonds. The Labute approximate surface area is 186 Å². The summed E-state index contributed by atoms with van der Waals surface area (Å²) in [5.41, 5.74) is 4.30. The summed E-state index contributed by atoms with van der Waals surface area (Å²) in [6.45, 7) is 17.5. The first-order chi connectivity index (χ1) is 13.7. The fraction of sp³-hybridized carbons (Fsp3) is 0.500. The predicted octanol–water partition coefficient (Wildman–Crippen LogP) is 5.72. The van der Waals surface area contributed by atoms with Crippen LogP contribution >= 0.6 is 0 Å². The SMILES string of the molecule is Cc1cc(C(C)(C)C)ccc1C(=O)C(C)(O[Si])N(C)Cc1ccc(C(C)(C)C)cc1. The van der Waals surface area contributed by atoms with Crippen molar-refractivity contribution in [1.29, 1.82) is 0 Å². The molecule has 3 nitrogen and oxygen atoms in total. The summed E-state index contributed by atoms with van der Waals surface area (Å²) >= 11 is 0. The van der Waals surface area contributed by atoms with Gasteiger partial charge in [0.1, 0.15) is 0 Å². The van der Waals surface area contributed by atoms with Crippen molar-refractivity contribution in [3.8, 4) is 0 Å². The molecule has 4 heteroatoms. The minimum atomic E-state index is -1.13. The van der Waals surface area contributed by atoms with Crippen LogP contribution in [0.4, 0.5) is 0 Å². The van der Waals surface area contributed by atoms with Gasteiger partial charge in [-0.3, -0.25) is 9.69 Å². The molecule has 0 N–H and O–H groups in total. The predicted molar refractivity (Wildman–Crippen MR) is 126 cm³/mol. The van der Waals surface area contributed by atoms with Crippen molar-refractivity contribution in [2.75, 3.05) is 7.05 Å². The quantitative estimate of drug-likeness (QED) is 0.339. The Morgan fingerprint density at radius 2 is 1.40 bits per heavy atom. The molecule has 30 heavy (non-hydrogen) atoms. The molecule has 0 aromatic heterocycles. The van der Waals surface area contributed by atoms with Crippen LogP contribution in [0.3, 0.4) is 0 Å². The Kier molecular flexibility index (Phi) is 7.17.